The Kier molecular flexibility index (Phi) is 5.09. The summed E-state index contributed by atoms with van der Waals surface area (Å²) in [4.78, 5) is 0. The van der Waals surface area contributed by atoms with Crippen LogP contribution in [0.25, 0.3) is 0 Å². The van der Waals surface area contributed by atoms with Gasteiger partial charge in [0.05, 0.1) is 12.0 Å². The van der Waals surface area contributed by atoms with Gasteiger partial charge in [0, 0.05) is 12.2 Å². The van der Waals surface area contributed by atoms with Crippen molar-refractivity contribution in [2.24, 2.45) is 0 Å². The third kappa shape index (κ3) is 3.79. The van der Waals surface area contributed by atoms with Gasteiger partial charge in [-0.2, -0.15) is 0 Å². The van der Waals surface area contributed by atoms with Gasteiger partial charge in [0.2, 0.25) is 0 Å². The molecule has 0 saturated carbocycles. The van der Waals surface area contributed by atoms with Crippen LogP contribution in [0.2, 0.25) is 0 Å². The van der Waals surface area contributed by atoms with Crippen molar-refractivity contribution in [1.82, 2.24) is 0 Å². The van der Waals surface area contributed by atoms with Crippen LogP contribution >= 0.6 is 11.6 Å². The molecule has 17 heavy (non-hydrogen) atoms. The standard InChI is InChI=1S/C13H20ClNO2/c1-8(2)11-5-12(9(3)4-13(11)17)15-7-10(16)6-14/h4-5,8,10,15-17H,6-7H2,1-3H3. The van der Waals surface area contributed by atoms with Crippen molar-refractivity contribution in [2.45, 2.75) is 32.8 Å². The minimum Gasteiger partial charge on any atom is -0.508 e. The molecule has 3 nitrogen and oxygen atoms in total. The van der Waals surface area contributed by atoms with Crippen LogP contribution in [0.15, 0.2) is 12.1 Å². The highest BCUT2D eigenvalue weighted by Crippen LogP contribution is 2.31. The molecule has 0 radical (unpaired) electrons. The normalized spacial score (nSPS) is 12.8. The first-order valence-electron chi connectivity index (χ1n) is 5.77. The van der Waals surface area contributed by atoms with Gasteiger partial charge in [-0.25, -0.2) is 0 Å². The van der Waals surface area contributed by atoms with Crippen molar-refractivity contribution in [1.29, 1.82) is 0 Å². The van der Waals surface area contributed by atoms with E-state index < -0.39 is 6.10 Å². The molecule has 96 valence electrons. The molecule has 1 atom stereocenters. The number of hydrogen-bond donors (Lipinski definition) is 3. The van der Waals surface area contributed by atoms with Gasteiger partial charge in [-0.05, 0) is 36.1 Å². The van der Waals surface area contributed by atoms with Crippen LogP contribution in [0.4, 0.5) is 5.69 Å². The third-order valence-corrected chi connectivity index (χ3v) is 3.06. The molecule has 0 aliphatic heterocycles. The Morgan fingerprint density at radius 2 is 2.00 bits per heavy atom. The van der Waals surface area contributed by atoms with E-state index in [1.54, 1.807) is 6.07 Å². The van der Waals surface area contributed by atoms with Crippen molar-refractivity contribution in [3.63, 3.8) is 0 Å². The summed E-state index contributed by atoms with van der Waals surface area (Å²) in [7, 11) is 0. The number of benzene rings is 1. The van der Waals surface area contributed by atoms with Crippen LogP contribution in [0.3, 0.4) is 0 Å². The summed E-state index contributed by atoms with van der Waals surface area (Å²) >= 11 is 5.53. The molecule has 0 bridgehead atoms. The fourth-order valence-corrected chi connectivity index (χ4v) is 1.75. The van der Waals surface area contributed by atoms with Crippen molar-refractivity contribution in [3.05, 3.63) is 23.3 Å². The number of anilines is 1. The number of nitrogens with one attached hydrogen (secondary N) is 1. The van der Waals surface area contributed by atoms with E-state index in [1.807, 2.05) is 26.8 Å². The highest BCUT2D eigenvalue weighted by molar-refractivity contribution is 6.18. The molecule has 1 aromatic rings. The number of halogens is 1. The summed E-state index contributed by atoms with van der Waals surface area (Å²) in [6.45, 7) is 6.38. The lowest BCUT2D eigenvalue weighted by Crippen LogP contribution is -2.21. The SMILES string of the molecule is Cc1cc(O)c(C(C)C)cc1NCC(O)CCl. The summed E-state index contributed by atoms with van der Waals surface area (Å²) in [5.74, 6) is 0.788. The number of aliphatic hydroxyl groups is 1. The second-order valence-electron chi connectivity index (χ2n) is 4.57. The number of aliphatic hydroxyl groups excluding tert-OH is 1. The van der Waals surface area contributed by atoms with E-state index in [0.29, 0.717) is 12.3 Å². The number of aromatic hydroxyl groups is 1. The second-order valence-corrected chi connectivity index (χ2v) is 4.88. The van der Waals surface area contributed by atoms with Gasteiger partial charge in [-0.15, -0.1) is 11.6 Å². The van der Waals surface area contributed by atoms with Crippen LogP contribution < -0.4 is 5.32 Å². The molecular weight excluding hydrogens is 238 g/mol. The first-order valence-corrected chi connectivity index (χ1v) is 6.30. The van der Waals surface area contributed by atoms with Gasteiger partial charge in [0.15, 0.2) is 0 Å². The number of hydrogen-bond acceptors (Lipinski definition) is 3. The van der Waals surface area contributed by atoms with Crippen molar-refractivity contribution in [2.75, 3.05) is 17.7 Å². The molecule has 0 aromatic heterocycles. The minimum atomic E-state index is -0.563. The molecular formula is C13H20ClNO2. The summed E-state index contributed by atoms with van der Waals surface area (Å²) in [6.07, 6.45) is -0.563. The average molecular weight is 258 g/mol. The fourth-order valence-electron chi connectivity index (χ4n) is 1.64. The van der Waals surface area contributed by atoms with E-state index in [9.17, 15) is 10.2 Å². The zero-order chi connectivity index (χ0) is 13.0. The van der Waals surface area contributed by atoms with E-state index in [4.69, 9.17) is 11.6 Å². The van der Waals surface area contributed by atoms with Crippen LogP contribution in [0.5, 0.6) is 5.75 Å². The van der Waals surface area contributed by atoms with E-state index in [2.05, 4.69) is 5.32 Å². The summed E-state index contributed by atoms with van der Waals surface area (Å²) < 4.78 is 0. The van der Waals surface area contributed by atoms with Crippen molar-refractivity contribution < 1.29 is 10.2 Å². The first kappa shape index (κ1) is 14.1. The van der Waals surface area contributed by atoms with E-state index in [1.165, 1.54) is 0 Å². The summed E-state index contributed by atoms with van der Waals surface area (Å²) in [6, 6.07) is 3.67. The Morgan fingerprint density at radius 3 is 2.53 bits per heavy atom. The molecule has 3 N–H and O–H groups in total. The zero-order valence-corrected chi connectivity index (χ0v) is 11.3. The number of rotatable bonds is 5. The largest absolute Gasteiger partial charge is 0.508 e. The quantitative estimate of drug-likeness (QED) is 0.562. The van der Waals surface area contributed by atoms with Gasteiger partial charge < -0.3 is 15.5 Å². The molecule has 0 fully saturated rings. The van der Waals surface area contributed by atoms with Crippen LogP contribution in [-0.2, 0) is 0 Å². The molecule has 0 amide bonds. The van der Waals surface area contributed by atoms with Gasteiger partial charge >= 0.3 is 0 Å². The lowest BCUT2D eigenvalue weighted by molar-refractivity contribution is 0.211. The molecule has 0 aliphatic carbocycles. The first-order chi connectivity index (χ1) is 7.95. The molecule has 0 spiro atoms. The van der Waals surface area contributed by atoms with Gasteiger partial charge in [-0.1, -0.05) is 13.8 Å². The zero-order valence-electron chi connectivity index (χ0n) is 10.5. The number of alkyl halides is 1. The topological polar surface area (TPSA) is 52.5 Å². The fraction of sp³-hybridized carbons (Fsp3) is 0.538. The lowest BCUT2D eigenvalue weighted by atomic mass is 9.99. The molecule has 1 aromatic carbocycles. The van der Waals surface area contributed by atoms with Gasteiger partial charge in [0.1, 0.15) is 5.75 Å². The number of phenols is 1. The molecule has 0 saturated heterocycles. The monoisotopic (exact) mass is 257 g/mol. The Hall–Kier alpha value is -0.930. The number of phenolic OH excluding ortho intramolecular Hbond substituents is 1. The lowest BCUT2D eigenvalue weighted by Gasteiger charge is -2.16. The Balaban J connectivity index is 2.88. The summed E-state index contributed by atoms with van der Waals surface area (Å²) in [5.41, 5.74) is 2.78. The second kappa shape index (κ2) is 6.12. The van der Waals surface area contributed by atoms with Crippen LogP contribution in [0, 0.1) is 6.92 Å². The van der Waals surface area contributed by atoms with Crippen LogP contribution in [-0.4, -0.2) is 28.7 Å². The Labute approximate surface area is 107 Å². The van der Waals surface area contributed by atoms with E-state index in [0.717, 1.165) is 16.8 Å². The molecule has 1 rings (SSSR count). The Bertz CT molecular complexity index is 380. The van der Waals surface area contributed by atoms with Gasteiger partial charge in [0.25, 0.3) is 0 Å². The van der Waals surface area contributed by atoms with E-state index in [-0.39, 0.29) is 11.8 Å². The van der Waals surface area contributed by atoms with Crippen molar-refractivity contribution in [3.8, 4) is 5.75 Å². The smallest absolute Gasteiger partial charge is 0.119 e. The van der Waals surface area contributed by atoms with Crippen LogP contribution in [0.1, 0.15) is 30.9 Å². The third-order valence-electron chi connectivity index (χ3n) is 2.70. The highest BCUT2D eigenvalue weighted by atomic mass is 35.5. The van der Waals surface area contributed by atoms with Crippen molar-refractivity contribution >= 4 is 17.3 Å². The minimum absolute atomic E-state index is 0.209. The molecule has 1 unspecified atom stereocenters. The number of aryl methyl sites for hydroxylation is 1. The summed E-state index contributed by atoms with van der Waals surface area (Å²) in [5, 5.41) is 22.4. The van der Waals surface area contributed by atoms with E-state index >= 15 is 0 Å². The molecule has 4 heteroatoms. The molecule has 0 heterocycles. The predicted octanol–water partition coefficient (Wildman–Crippen LogP) is 2.84. The average Bonchev–Trinajstić information content (AvgIpc) is 2.26. The maximum absolute atomic E-state index is 9.81. The Morgan fingerprint density at radius 1 is 1.35 bits per heavy atom. The molecule has 0 aliphatic rings. The maximum atomic E-state index is 9.81. The predicted molar refractivity (Wildman–Crippen MR) is 72.1 cm³/mol. The highest BCUT2D eigenvalue weighted by Gasteiger charge is 2.10. The van der Waals surface area contributed by atoms with Gasteiger partial charge in [-0.3, -0.25) is 0 Å². The maximum Gasteiger partial charge on any atom is 0.119 e.